The Labute approximate surface area is 421 Å². The summed E-state index contributed by atoms with van der Waals surface area (Å²) in [6, 6.07) is 0. The molecule has 0 bridgehead atoms. The number of hydrogen-bond acceptors (Lipinski definition) is 12. The minimum absolute atomic E-state index is 0.0237. The van der Waals surface area contributed by atoms with E-state index < -0.39 is 24.0 Å². The van der Waals surface area contributed by atoms with Gasteiger partial charge < -0.3 is 33.3 Å². The molecule has 0 amide bonds. The lowest BCUT2D eigenvalue weighted by molar-refractivity contribution is -0.151. The fraction of sp³-hybridized carbons (Fsp3) is 0.912. The molecule has 0 saturated carbocycles. The van der Waals surface area contributed by atoms with Gasteiger partial charge in [-0.1, -0.05) is 163 Å². The van der Waals surface area contributed by atoms with Crippen LogP contribution in [0.15, 0.2) is 0 Å². The number of hydrogen-bond donors (Lipinski definition) is 0. The summed E-state index contributed by atoms with van der Waals surface area (Å²) in [6.45, 7) is 11.6. The molecule has 0 unspecified atom stereocenters. The van der Waals surface area contributed by atoms with E-state index >= 15 is 0 Å². The van der Waals surface area contributed by atoms with Crippen LogP contribution in [0.4, 0.5) is 4.79 Å². The Morgan fingerprint density at radius 3 is 1.12 bits per heavy atom. The summed E-state index contributed by atoms with van der Waals surface area (Å²) < 4.78 is 33.7. The number of piperidine rings is 1. The molecule has 0 N–H and O–H groups in total. The van der Waals surface area contributed by atoms with Crippen molar-refractivity contribution in [3.63, 3.8) is 0 Å². The van der Waals surface area contributed by atoms with Gasteiger partial charge in [0.25, 0.3) is 0 Å². The molecule has 1 fully saturated rings. The molecule has 0 atom stereocenters. The second-order valence-corrected chi connectivity index (χ2v) is 20.1. The molecule has 1 aliphatic heterocycles. The van der Waals surface area contributed by atoms with E-state index in [0.29, 0.717) is 19.3 Å². The van der Waals surface area contributed by atoms with E-state index in [0.717, 1.165) is 96.7 Å². The van der Waals surface area contributed by atoms with E-state index in [9.17, 15) is 24.0 Å². The Balaban J connectivity index is 2.65. The van der Waals surface area contributed by atoms with Crippen molar-refractivity contribution in [3.05, 3.63) is 0 Å². The summed E-state index contributed by atoms with van der Waals surface area (Å²) in [5.41, 5.74) is 0. The standard InChI is InChI=1S/C57H105NO11/c1-5-9-13-17-21-26-35-51(36-27-22-18-14-10-6-2)68-55(61)41-32-39-53(59)65-47-50(49-67-57(63)64-46-34-45-58-43-30-25-31-44-58)48-66-54(60)40-33-42-56(62)69-52(37-28-23-19-15-11-7-3)38-29-24-20-16-12-8-4/h50-52H,5-49H2,1-4H3. The zero-order valence-corrected chi connectivity index (χ0v) is 45.0. The van der Waals surface area contributed by atoms with Crippen LogP contribution in [0.2, 0.25) is 0 Å². The van der Waals surface area contributed by atoms with Gasteiger partial charge in [-0.2, -0.15) is 0 Å². The maximum atomic E-state index is 12.9. The third kappa shape index (κ3) is 41.4. The molecular formula is C57H105NO11. The predicted octanol–water partition coefficient (Wildman–Crippen LogP) is 14.9. The summed E-state index contributed by atoms with van der Waals surface area (Å²) in [4.78, 5) is 66.5. The number of rotatable bonds is 48. The first-order chi connectivity index (χ1) is 33.7. The van der Waals surface area contributed by atoms with Gasteiger partial charge in [-0.15, -0.1) is 0 Å². The quantitative estimate of drug-likeness (QED) is 0.0325. The van der Waals surface area contributed by atoms with Crippen LogP contribution >= 0.6 is 0 Å². The van der Waals surface area contributed by atoms with E-state index in [4.69, 9.17) is 28.4 Å². The molecule has 0 aromatic rings. The van der Waals surface area contributed by atoms with Crippen molar-refractivity contribution in [2.45, 2.75) is 284 Å². The third-order valence-electron chi connectivity index (χ3n) is 13.3. The second kappa shape index (κ2) is 47.4. The molecule has 1 rings (SSSR count). The summed E-state index contributed by atoms with van der Waals surface area (Å²) in [6.07, 6.45) is 36.2. The average Bonchev–Trinajstić information content (AvgIpc) is 3.34. The molecule has 1 heterocycles. The van der Waals surface area contributed by atoms with Crippen LogP contribution in [-0.2, 0) is 47.6 Å². The lowest BCUT2D eigenvalue weighted by Gasteiger charge is -2.26. The molecule has 12 heteroatoms. The van der Waals surface area contributed by atoms with Crippen LogP contribution in [0.3, 0.4) is 0 Å². The Hall–Kier alpha value is -2.89. The van der Waals surface area contributed by atoms with Gasteiger partial charge in [0.05, 0.1) is 12.5 Å². The number of esters is 4. The Morgan fingerprint density at radius 1 is 0.377 bits per heavy atom. The molecule has 0 aromatic carbocycles. The van der Waals surface area contributed by atoms with E-state index in [1.807, 2.05) is 0 Å². The SMILES string of the molecule is CCCCCCCCC(CCCCCCCC)OC(=O)CCCC(=O)OCC(COC(=O)CCCC(=O)OC(CCCCCCCC)CCCCCCCC)COC(=O)OCCCN1CCCCC1. The molecule has 1 saturated heterocycles. The minimum Gasteiger partial charge on any atom is -0.465 e. The second-order valence-electron chi connectivity index (χ2n) is 20.1. The largest absolute Gasteiger partial charge is 0.508 e. The number of ether oxygens (including phenoxy) is 6. The molecule has 69 heavy (non-hydrogen) atoms. The van der Waals surface area contributed by atoms with Crippen molar-refractivity contribution >= 4 is 30.0 Å². The summed E-state index contributed by atoms with van der Waals surface area (Å²) >= 11 is 0. The Kier molecular flexibility index (Phi) is 44.1. The number of unbranched alkanes of at least 4 members (excludes halogenated alkanes) is 20. The van der Waals surface area contributed by atoms with E-state index in [-0.39, 0.29) is 76.3 Å². The zero-order valence-electron chi connectivity index (χ0n) is 45.0. The van der Waals surface area contributed by atoms with Gasteiger partial charge in [0.2, 0.25) is 0 Å². The van der Waals surface area contributed by atoms with Gasteiger partial charge in [-0.3, -0.25) is 19.2 Å². The fourth-order valence-corrected chi connectivity index (χ4v) is 8.94. The topological polar surface area (TPSA) is 144 Å². The van der Waals surface area contributed by atoms with Gasteiger partial charge in [-0.25, -0.2) is 4.79 Å². The lowest BCUT2D eigenvalue weighted by Crippen LogP contribution is -2.31. The Morgan fingerprint density at radius 2 is 0.725 bits per heavy atom. The highest BCUT2D eigenvalue weighted by atomic mass is 16.7. The first-order valence-electron chi connectivity index (χ1n) is 28.9. The molecule has 0 radical (unpaired) electrons. The van der Waals surface area contributed by atoms with Crippen LogP contribution < -0.4 is 0 Å². The summed E-state index contributed by atoms with van der Waals surface area (Å²) in [5, 5.41) is 0. The average molecular weight is 980 g/mol. The van der Waals surface area contributed by atoms with E-state index in [1.165, 1.54) is 122 Å². The molecule has 404 valence electrons. The minimum atomic E-state index is -0.828. The van der Waals surface area contributed by atoms with Crippen molar-refractivity contribution in [3.8, 4) is 0 Å². The van der Waals surface area contributed by atoms with Crippen molar-refractivity contribution in [1.29, 1.82) is 0 Å². The number of nitrogens with zero attached hydrogens (tertiary/aromatic N) is 1. The number of carbonyl (C=O) groups excluding carboxylic acids is 5. The van der Waals surface area contributed by atoms with E-state index in [1.54, 1.807) is 0 Å². The smallest absolute Gasteiger partial charge is 0.465 e. The number of likely N-dealkylation sites (tertiary alicyclic amines) is 1. The first-order valence-corrected chi connectivity index (χ1v) is 28.9. The maximum Gasteiger partial charge on any atom is 0.508 e. The molecule has 0 aromatic heterocycles. The van der Waals surface area contributed by atoms with Crippen LogP contribution in [0.1, 0.15) is 272 Å². The summed E-state index contributed by atoms with van der Waals surface area (Å²) in [5.74, 6) is -2.21. The fourth-order valence-electron chi connectivity index (χ4n) is 8.94. The van der Waals surface area contributed by atoms with Crippen LogP contribution in [0.25, 0.3) is 0 Å². The normalized spacial score (nSPS) is 13.0. The van der Waals surface area contributed by atoms with Crippen LogP contribution in [0.5, 0.6) is 0 Å². The lowest BCUT2D eigenvalue weighted by atomic mass is 10.0. The van der Waals surface area contributed by atoms with Crippen molar-refractivity contribution in [2.24, 2.45) is 5.92 Å². The van der Waals surface area contributed by atoms with Gasteiger partial charge in [-0.05, 0) is 96.6 Å². The molecule has 12 nitrogen and oxygen atoms in total. The summed E-state index contributed by atoms with van der Waals surface area (Å²) in [7, 11) is 0. The van der Waals surface area contributed by atoms with Crippen molar-refractivity contribution in [2.75, 3.05) is 46.1 Å². The van der Waals surface area contributed by atoms with Crippen molar-refractivity contribution in [1.82, 2.24) is 4.90 Å². The monoisotopic (exact) mass is 980 g/mol. The van der Waals surface area contributed by atoms with Gasteiger partial charge in [0, 0.05) is 32.2 Å². The first kappa shape index (κ1) is 64.1. The van der Waals surface area contributed by atoms with Gasteiger partial charge >= 0.3 is 30.0 Å². The molecule has 0 aliphatic carbocycles. The number of carbonyl (C=O) groups is 5. The third-order valence-corrected chi connectivity index (χ3v) is 13.3. The van der Waals surface area contributed by atoms with Gasteiger partial charge in [0.15, 0.2) is 0 Å². The predicted molar refractivity (Wildman–Crippen MR) is 277 cm³/mol. The van der Waals surface area contributed by atoms with Crippen molar-refractivity contribution < 1.29 is 52.4 Å². The molecule has 1 aliphatic rings. The van der Waals surface area contributed by atoms with Gasteiger partial charge in [0.1, 0.15) is 32.0 Å². The maximum absolute atomic E-state index is 12.9. The highest BCUT2D eigenvalue weighted by molar-refractivity contribution is 5.73. The highest BCUT2D eigenvalue weighted by Crippen LogP contribution is 2.20. The Bertz CT molecular complexity index is 1140. The van der Waals surface area contributed by atoms with Crippen LogP contribution in [0, 0.1) is 5.92 Å². The highest BCUT2D eigenvalue weighted by Gasteiger charge is 2.21. The van der Waals surface area contributed by atoms with Crippen LogP contribution in [-0.4, -0.2) is 93.2 Å². The molecular weight excluding hydrogens is 875 g/mol. The zero-order chi connectivity index (χ0) is 50.3. The van der Waals surface area contributed by atoms with E-state index in [2.05, 4.69) is 32.6 Å². The molecule has 0 spiro atoms.